The summed E-state index contributed by atoms with van der Waals surface area (Å²) in [5.41, 5.74) is 2.02. The second-order valence-electron chi connectivity index (χ2n) is 4.18. The van der Waals surface area contributed by atoms with Crippen LogP contribution in [0.5, 0.6) is 0 Å². The van der Waals surface area contributed by atoms with Crippen molar-refractivity contribution in [3.8, 4) is 6.07 Å². The maximum Gasteiger partial charge on any atom is 0.225 e. The minimum absolute atomic E-state index is 0.0591. The van der Waals surface area contributed by atoms with Crippen LogP contribution < -0.4 is 5.32 Å². The van der Waals surface area contributed by atoms with Gasteiger partial charge in [0, 0.05) is 19.8 Å². The number of nitrogens with zero attached hydrogens (tertiary/aromatic N) is 2. The highest BCUT2D eigenvalue weighted by Crippen LogP contribution is 2.11. The van der Waals surface area contributed by atoms with E-state index in [1.807, 2.05) is 31.2 Å². The predicted octanol–water partition coefficient (Wildman–Crippen LogP) is 1.78. The molecule has 17 heavy (non-hydrogen) atoms. The number of anilines is 1. The Bertz CT molecular complexity index is 417. The van der Waals surface area contributed by atoms with Gasteiger partial charge < -0.3 is 10.2 Å². The fourth-order valence-electron chi connectivity index (χ4n) is 1.34. The summed E-state index contributed by atoms with van der Waals surface area (Å²) in [5, 5.41) is 12.0. The highest BCUT2D eigenvalue weighted by atomic mass is 16.2. The topological polar surface area (TPSA) is 56.1 Å². The van der Waals surface area contributed by atoms with Gasteiger partial charge in [-0.15, -0.1) is 0 Å². The summed E-state index contributed by atoms with van der Waals surface area (Å²) < 4.78 is 0. The van der Waals surface area contributed by atoms with Crippen LogP contribution in [0.3, 0.4) is 0 Å². The third-order valence-electron chi connectivity index (χ3n) is 2.43. The largest absolute Gasteiger partial charge is 0.369 e. The Hall–Kier alpha value is -2.02. The van der Waals surface area contributed by atoms with Crippen LogP contribution in [0, 0.1) is 18.3 Å². The zero-order chi connectivity index (χ0) is 12.8. The average Bonchev–Trinajstić information content (AvgIpc) is 2.30. The van der Waals surface area contributed by atoms with Gasteiger partial charge in [0.05, 0.1) is 12.5 Å². The van der Waals surface area contributed by atoms with E-state index in [1.54, 1.807) is 14.1 Å². The molecule has 1 atom stereocenters. The summed E-state index contributed by atoms with van der Waals surface area (Å²) in [6, 6.07) is 9.33. The molecule has 4 heteroatoms. The Balaban J connectivity index is 2.62. The van der Waals surface area contributed by atoms with Crippen molar-refractivity contribution in [2.24, 2.45) is 0 Å². The van der Waals surface area contributed by atoms with Crippen molar-refractivity contribution in [3.63, 3.8) is 0 Å². The van der Waals surface area contributed by atoms with E-state index in [2.05, 4.69) is 11.4 Å². The first-order valence-electron chi connectivity index (χ1n) is 5.46. The summed E-state index contributed by atoms with van der Waals surface area (Å²) in [6.45, 7) is 2.00. The lowest BCUT2D eigenvalue weighted by atomic mass is 10.1. The minimum Gasteiger partial charge on any atom is -0.369 e. The average molecular weight is 231 g/mol. The SMILES string of the molecule is Cc1ccc(NC(C#N)CC(=O)N(C)C)cc1. The van der Waals surface area contributed by atoms with Gasteiger partial charge in [0.15, 0.2) is 0 Å². The molecule has 1 aromatic rings. The van der Waals surface area contributed by atoms with Crippen molar-refractivity contribution in [2.75, 3.05) is 19.4 Å². The standard InChI is InChI=1S/C13H17N3O/c1-10-4-6-11(7-5-10)15-12(9-14)8-13(17)16(2)3/h4-7,12,15H,8H2,1-3H3. The summed E-state index contributed by atoms with van der Waals surface area (Å²) in [5.74, 6) is -0.0591. The van der Waals surface area contributed by atoms with E-state index in [0.717, 1.165) is 11.3 Å². The number of nitriles is 1. The van der Waals surface area contributed by atoms with Gasteiger partial charge in [0.1, 0.15) is 6.04 Å². The van der Waals surface area contributed by atoms with Crippen LogP contribution in [-0.2, 0) is 4.79 Å². The number of rotatable bonds is 4. The molecule has 1 rings (SSSR count). The summed E-state index contributed by atoms with van der Waals surface area (Å²) in [4.78, 5) is 13.0. The highest BCUT2D eigenvalue weighted by molar-refractivity contribution is 5.77. The summed E-state index contributed by atoms with van der Waals surface area (Å²) >= 11 is 0. The van der Waals surface area contributed by atoms with Gasteiger partial charge in [0.2, 0.25) is 5.91 Å². The van der Waals surface area contributed by atoms with Crippen molar-refractivity contribution < 1.29 is 4.79 Å². The highest BCUT2D eigenvalue weighted by Gasteiger charge is 2.14. The predicted molar refractivity (Wildman–Crippen MR) is 67.5 cm³/mol. The van der Waals surface area contributed by atoms with E-state index >= 15 is 0 Å². The molecule has 0 saturated heterocycles. The third kappa shape index (κ3) is 4.15. The first-order chi connectivity index (χ1) is 8.02. The fraction of sp³-hybridized carbons (Fsp3) is 0.385. The van der Waals surface area contributed by atoms with Gasteiger partial charge in [0.25, 0.3) is 0 Å². The number of hydrogen-bond donors (Lipinski definition) is 1. The smallest absolute Gasteiger partial charge is 0.225 e. The van der Waals surface area contributed by atoms with Crippen LogP contribution in [0.25, 0.3) is 0 Å². The molecule has 90 valence electrons. The molecule has 0 radical (unpaired) electrons. The number of carbonyl (C=O) groups is 1. The molecule has 1 aromatic carbocycles. The van der Waals surface area contributed by atoms with Crippen LogP contribution in [-0.4, -0.2) is 30.9 Å². The van der Waals surface area contributed by atoms with E-state index in [-0.39, 0.29) is 12.3 Å². The molecule has 0 heterocycles. The van der Waals surface area contributed by atoms with Crippen LogP contribution in [0.1, 0.15) is 12.0 Å². The molecular weight excluding hydrogens is 214 g/mol. The number of carbonyl (C=O) groups excluding carboxylic acids is 1. The number of hydrogen-bond acceptors (Lipinski definition) is 3. The van der Waals surface area contributed by atoms with Gasteiger partial charge in [-0.05, 0) is 19.1 Å². The van der Waals surface area contributed by atoms with E-state index < -0.39 is 6.04 Å². The molecule has 0 spiro atoms. The molecule has 0 fully saturated rings. The second-order valence-corrected chi connectivity index (χ2v) is 4.18. The zero-order valence-electron chi connectivity index (χ0n) is 10.4. The van der Waals surface area contributed by atoms with Crippen molar-refractivity contribution in [1.29, 1.82) is 5.26 Å². The Morgan fingerprint density at radius 3 is 2.47 bits per heavy atom. The maximum absolute atomic E-state index is 11.5. The van der Waals surface area contributed by atoms with Crippen molar-refractivity contribution >= 4 is 11.6 Å². The summed E-state index contributed by atoms with van der Waals surface area (Å²) in [6.07, 6.45) is 0.178. The molecule has 1 amide bonds. The number of aryl methyl sites for hydroxylation is 1. The van der Waals surface area contributed by atoms with E-state index in [9.17, 15) is 4.79 Å². The van der Waals surface area contributed by atoms with Gasteiger partial charge in [-0.25, -0.2) is 0 Å². The van der Waals surface area contributed by atoms with Crippen LogP contribution in [0.2, 0.25) is 0 Å². The monoisotopic (exact) mass is 231 g/mol. The fourth-order valence-corrected chi connectivity index (χ4v) is 1.34. The van der Waals surface area contributed by atoms with Crippen molar-refractivity contribution in [2.45, 2.75) is 19.4 Å². The van der Waals surface area contributed by atoms with E-state index in [1.165, 1.54) is 4.90 Å². The van der Waals surface area contributed by atoms with Gasteiger partial charge in [-0.1, -0.05) is 17.7 Å². The lowest BCUT2D eigenvalue weighted by Crippen LogP contribution is -2.29. The maximum atomic E-state index is 11.5. The Kier molecular flexibility index (Phi) is 4.53. The molecule has 0 saturated carbocycles. The Morgan fingerprint density at radius 1 is 1.41 bits per heavy atom. The molecule has 1 unspecified atom stereocenters. The van der Waals surface area contributed by atoms with Gasteiger partial charge in [-0.3, -0.25) is 4.79 Å². The van der Waals surface area contributed by atoms with Gasteiger partial charge >= 0.3 is 0 Å². The van der Waals surface area contributed by atoms with E-state index in [4.69, 9.17) is 5.26 Å². The molecule has 0 aliphatic rings. The Morgan fingerprint density at radius 2 is 2.00 bits per heavy atom. The molecule has 0 aromatic heterocycles. The second kappa shape index (κ2) is 5.90. The lowest BCUT2D eigenvalue weighted by Gasteiger charge is -2.15. The van der Waals surface area contributed by atoms with Crippen LogP contribution in [0.15, 0.2) is 24.3 Å². The molecular formula is C13H17N3O. The van der Waals surface area contributed by atoms with E-state index in [0.29, 0.717) is 0 Å². The first-order valence-corrected chi connectivity index (χ1v) is 5.46. The molecule has 0 aliphatic carbocycles. The molecule has 0 bridgehead atoms. The molecule has 1 N–H and O–H groups in total. The van der Waals surface area contributed by atoms with Crippen LogP contribution >= 0.6 is 0 Å². The zero-order valence-corrected chi connectivity index (χ0v) is 10.4. The quantitative estimate of drug-likeness (QED) is 0.859. The first kappa shape index (κ1) is 13.0. The molecule has 0 aliphatic heterocycles. The van der Waals surface area contributed by atoms with Gasteiger partial charge in [-0.2, -0.15) is 5.26 Å². The number of amides is 1. The number of benzene rings is 1. The summed E-state index contributed by atoms with van der Waals surface area (Å²) in [7, 11) is 3.37. The third-order valence-corrected chi connectivity index (χ3v) is 2.43. The lowest BCUT2D eigenvalue weighted by molar-refractivity contribution is -0.128. The minimum atomic E-state index is -0.493. The Labute approximate surface area is 102 Å². The van der Waals surface area contributed by atoms with Crippen LogP contribution in [0.4, 0.5) is 5.69 Å². The molecule has 4 nitrogen and oxygen atoms in total. The van der Waals surface area contributed by atoms with Crippen molar-refractivity contribution in [3.05, 3.63) is 29.8 Å². The number of nitrogens with one attached hydrogen (secondary N) is 1. The normalized spacial score (nSPS) is 11.4. The van der Waals surface area contributed by atoms with Crippen molar-refractivity contribution in [1.82, 2.24) is 4.90 Å².